The summed E-state index contributed by atoms with van der Waals surface area (Å²) >= 11 is 0. The molecule has 0 fully saturated rings. The molecule has 2 nitrogen and oxygen atoms in total. The maximum Gasteiger partial charge on any atom is 0.411 e. The summed E-state index contributed by atoms with van der Waals surface area (Å²) in [5, 5.41) is 0. The van der Waals surface area contributed by atoms with Crippen LogP contribution in [0.1, 0.15) is 46.5 Å². The van der Waals surface area contributed by atoms with E-state index < -0.39 is 12.8 Å². The van der Waals surface area contributed by atoms with E-state index in [1.54, 1.807) is 0 Å². The van der Waals surface area contributed by atoms with Gasteiger partial charge in [-0.2, -0.15) is 13.2 Å². The van der Waals surface area contributed by atoms with Gasteiger partial charge in [-0.05, 0) is 18.3 Å². The Balaban J connectivity index is 3.36. The second-order valence-electron chi connectivity index (χ2n) is 5.49. The molecule has 0 saturated carbocycles. The lowest BCUT2D eigenvalue weighted by atomic mass is 9.84. The third-order valence-electron chi connectivity index (χ3n) is 2.68. The summed E-state index contributed by atoms with van der Waals surface area (Å²) in [7, 11) is 0. The molecule has 0 aromatic carbocycles. The standard InChI is InChI=1S/C12H24F3NO/c1-11(2,3)10(16)7-5-4-6-8-17-9-12(13,14)15/h10H,4-9,16H2,1-3H3. The minimum Gasteiger partial charge on any atom is -0.372 e. The van der Waals surface area contributed by atoms with Crippen LogP contribution in [0.5, 0.6) is 0 Å². The third-order valence-corrected chi connectivity index (χ3v) is 2.68. The van der Waals surface area contributed by atoms with Crippen LogP contribution < -0.4 is 5.73 Å². The summed E-state index contributed by atoms with van der Waals surface area (Å²) in [5.41, 5.74) is 6.06. The molecule has 2 N–H and O–H groups in total. The molecule has 0 aliphatic carbocycles. The monoisotopic (exact) mass is 255 g/mol. The second-order valence-corrected chi connectivity index (χ2v) is 5.49. The summed E-state index contributed by atoms with van der Waals surface area (Å²) in [4.78, 5) is 0. The van der Waals surface area contributed by atoms with Gasteiger partial charge in [-0.15, -0.1) is 0 Å². The fraction of sp³-hybridized carbons (Fsp3) is 1.00. The highest BCUT2D eigenvalue weighted by Crippen LogP contribution is 2.21. The average molecular weight is 255 g/mol. The van der Waals surface area contributed by atoms with Crippen LogP contribution in [0.15, 0.2) is 0 Å². The molecule has 0 radical (unpaired) electrons. The lowest BCUT2D eigenvalue weighted by molar-refractivity contribution is -0.174. The first-order chi connectivity index (χ1) is 7.63. The Kier molecular flexibility index (Phi) is 7.09. The minimum atomic E-state index is -4.21. The smallest absolute Gasteiger partial charge is 0.372 e. The van der Waals surface area contributed by atoms with E-state index in [9.17, 15) is 13.2 Å². The highest BCUT2D eigenvalue weighted by atomic mass is 19.4. The molecule has 0 heterocycles. The van der Waals surface area contributed by atoms with Crippen molar-refractivity contribution in [1.82, 2.24) is 0 Å². The first-order valence-electron chi connectivity index (χ1n) is 6.03. The van der Waals surface area contributed by atoms with Crippen LogP contribution in [-0.4, -0.2) is 25.4 Å². The van der Waals surface area contributed by atoms with Gasteiger partial charge in [0.05, 0.1) is 0 Å². The maximum atomic E-state index is 11.7. The fourth-order valence-corrected chi connectivity index (χ4v) is 1.37. The van der Waals surface area contributed by atoms with Crippen molar-refractivity contribution in [2.24, 2.45) is 11.1 Å². The van der Waals surface area contributed by atoms with Crippen LogP contribution in [0.4, 0.5) is 13.2 Å². The number of hydrogen-bond acceptors (Lipinski definition) is 2. The number of alkyl halides is 3. The van der Waals surface area contributed by atoms with Gasteiger partial charge in [-0.1, -0.05) is 33.6 Å². The van der Waals surface area contributed by atoms with Crippen molar-refractivity contribution in [3.63, 3.8) is 0 Å². The fourth-order valence-electron chi connectivity index (χ4n) is 1.37. The quantitative estimate of drug-likeness (QED) is 0.707. The molecule has 0 bridgehead atoms. The molecular formula is C12H24F3NO. The number of rotatable bonds is 7. The average Bonchev–Trinajstić information content (AvgIpc) is 2.12. The molecule has 0 rings (SSSR count). The topological polar surface area (TPSA) is 35.2 Å². The highest BCUT2D eigenvalue weighted by molar-refractivity contribution is 4.76. The molecule has 5 heteroatoms. The summed E-state index contributed by atoms with van der Waals surface area (Å²) < 4.78 is 39.7. The van der Waals surface area contributed by atoms with Crippen LogP contribution >= 0.6 is 0 Å². The molecule has 1 unspecified atom stereocenters. The van der Waals surface area contributed by atoms with Gasteiger partial charge in [0.1, 0.15) is 6.61 Å². The van der Waals surface area contributed by atoms with Crippen molar-refractivity contribution < 1.29 is 17.9 Å². The summed E-state index contributed by atoms with van der Waals surface area (Å²) in [6.45, 7) is 5.29. The first-order valence-corrected chi connectivity index (χ1v) is 6.03. The van der Waals surface area contributed by atoms with Crippen LogP contribution in [0, 0.1) is 5.41 Å². The van der Waals surface area contributed by atoms with Gasteiger partial charge in [-0.25, -0.2) is 0 Å². The number of unbranched alkanes of at least 4 members (excludes halogenated alkanes) is 2. The van der Waals surface area contributed by atoms with E-state index >= 15 is 0 Å². The van der Waals surface area contributed by atoms with Crippen LogP contribution in [0.2, 0.25) is 0 Å². The SMILES string of the molecule is CC(C)(C)C(N)CCCCCOCC(F)(F)F. The summed E-state index contributed by atoms with van der Waals surface area (Å²) in [6.07, 6.45) is -0.847. The zero-order chi connectivity index (χ0) is 13.5. The van der Waals surface area contributed by atoms with Crippen molar-refractivity contribution in [2.75, 3.05) is 13.2 Å². The Hall–Kier alpha value is -0.290. The molecule has 0 aliphatic heterocycles. The Morgan fingerprint density at radius 2 is 1.65 bits per heavy atom. The lowest BCUT2D eigenvalue weighted by Gasteiger charge is -2.26. The van der Waals surface area contributed by atoms with E-state index in [1.165, 1.54) is 0 Å². The number of hydrogen-bond donors (Lipinski definition) is 1. The van der Waals surface area contributed by atoms with Crippen molar-refractivity contribution in [3.05, 3.63) is 0 Å². The molecule has 0 aliphatic rings. The molecule has 17 heavy (non-hydrogen) atoms. The van der Waals surface area contributed by atoms with E-state index in [4.69, 9.17) is 5.73 Å². The molecule has 104 valence electrons. The van der Waals surface area contributed by atoms with Gasteiger partial charge in [0, 0.05) is 12.6 Å². The van der Waals surface area contributed by atoms with Crippen molar-refractivity contribution in [1.29, 1.82) is 0 Å². The molecule has 0 saturated heterocycles. The Morgan fingerprint density at radius 3 is 2.12 bits per heavy atom. The molecule has 0 spiro atoms. The second kappa shape index (κ2) is 7.21. The van der Waals surface area contributed by atoms with E-state index in [1.807, 2.05) is 0 Å². The largest absolute Gasteiger partial charge is 0.411 e. The summed E-state index contributed by atoms with van der Waals surface area (Å²) in [6, 6.07) is 0.138. The molecular weight excluding hydrogens is 231 g/mol. The Labute approximate surface area is 102 Å². The van der Waals surface area contributed by atoms with Crippen LogP contribution in [0.3, 0.4) is 0 Å². The van der Waals surface area contributed by atoms with Gasteiger partial charge < -0.3 is 10.5 Å². The zero-order valence-corrected chi connectivity index (χ0v) is 10.9. The van der Waals surface area contributed by atoms with Gasteiger partial charge in [0.2, 0.25) is 0 Å². The van der Waals surface area contributed by atoms with Crippen molar-refractivity contribution in [3.8, 4) is 0 Å². The predicted molar refractivity (Wildman–Crippen MR) is 62.8 cm³/mol. The highest BCUT2D eigenvalue weighted by Gasteiger charge is 2.27. The number of halogens is 3. The van der Waals surface area contributed by atoms with Gasteiger partial charge in [-0.3, -0.25) is 0 Å². The lowest BCUT2D eigenvalue weighted by Crippen LogP contribution is -2.34. The van der Waals surface area contributed by atoms with Crippen molar-refractivity contribution in [2.45, 2.75) is 58.7 Å². The summed E-state index contributed by atoms with van der Waals surface area (Å²) in [5.74, 6) is 0. The Morgan fingerprint density at radius 1 is 1.06 bits per heavy atom. The predicted octanol–water partition coefficient (Wildman–Crippen LogP) is 3.50. The maximum absolute atomic E-state index is 11.7. The van der Waals surface area contributed by atoms with Gasteiger partial charge >= 0.3 is 6.18 Å². The van der Waals surface area contributed by atoms with Crippen LogP contribution in [-0.2, 0) is 4.74 Å². The molecule has 0 aromatic rings. The number of ether oxygens (including phenoxy) is 1. The Bertz CT molecular complexity index is 199. The van der Waals surface area contributed by atoms with E-state index in [0.717, 1.165) is 19.3 Å². The molecule has 0 amide bonds. The van der Waals surface area contributed by atoms with Gasteiger partial charge in [0.25, 0.3) is 0 Å². The van der Waals surface area contributed by atoms with E-state index in [0.29, 0.717) is 6.42 Å². The first kappa shape index (κ1) is 16.7. The van der Waals surface area contributed by atoms with Crippen LogP contribution in [0.25, 0.3) is 0 Å². The van der Waals surface area contributed by atoms with Gasteiger partial charge in [0.15, 0.2) is 0 Å². The zero-order valence-electron chi connectivity index (χ0n) is 10.9. The third kappa shape index (κ3) is 10.6. The van der Waals surface area contributed by atoms with E-state index in [-0.39, 0.29) is 18.1 Å². The normalized spacial score (nSPS) is 15.0. The van der Waals surface area contributed by atoms with Crippen molar-refractivity contribution >= 4 is 0 Å². The molecule has 0 aromatic heterocycles. The number of nitrogens with two attached hydrogens (primary N) is 1. The van der Waals surface area contributed by atoms with E-state index in [2.05, 4.69) is 25.5 Å². The minimum absolute atomic E-state index is 0.0901. The molecule has 1 atom stereocenters.